The second-order valence-electron chi connectivity index (χ2n) is 5.20. The van der Waals surface area contributed by atoms with Crippen LogP contribution >= 0.6 is 0 Å². The monoisotopic (exact) mass is 352 g/mol. The van der Waals surface area contributed by atoms with E-state index in [4.69, 9.17) is 0 Å². The number of alkyl halides is 3. The van der Waals surface area contributed by atoms with Crippen molar-refractivity contribution >= 4 is 5.96 Å². The Morgan fingerprint density at radius 3 is 2.52 bits per heavy atom. The highest BCUT2D eigenvalue weighted by Gasteiger charge is 2.31. The van der Waals surface area contributed by atoms with Gasteiger partial charge in [-0.05, 0) is 24.6 Å². The van der Waals surface area contributed by atoms with Crippen LogP contribution in [0.25, 0.3) is 0 Å². The third kappa shape index (κ3) is 5.98. The fourth-order valence-electron chi connectivity index (χ4n) is 2.14. The molecule has 0 radical (unpaired) electrons. The second kappa shape index (κ2) is 8.36. The molecule has 0 unspecified atom stereocenters. The summed E-state index contributed by atoms with van der Waals surface area (Å²) in [4.78, 5) is 8.32. The van der Waals surface area contributed by atoms with Crippen molar-refractivity contribution in [3.05, 3.63) is 59.4 Å². The topological polar surface area (TPSA) is 58.5 Å². The van der Waals surface area contributed by atoms with E-state index in [-0.39, 0.29) is 12.3 Å². The molecule has 134 valence electrons. The fourth-order valence-corrected chi connectivity index (χ4v) is 2.14. The number of hydrogen-bond acceptors (Lipinski definition) is 3. The van der Waals surface area contributed by atoms with Gasteiger partial charge in [-0.2, -0.15) is 0 Å². The van der Waals surface area contributed by atoms with Gasteiger partial charge in [-0.1, -0.05) is 24.3 Å². The van der Waals surface area contributed by atoms with Crippen LogP contribution in [0, 0.1) is 6.92 Å². The molecular weight excluding hydrogens is 333 g/mol. The molecule has 8 heteroatoms. The van der Waals surface area contributed by atoms with Gasteiger partial charge in [-0.15, -0.1) is 13.2 Å². The van der Waals surface area contributed by atoms with Gasteiger partial charge in [-0.3, -0.25) is 9.98 Å². The van der Waals surface area contributed by atoms with Crippen LogP contribution in [0.5, 0.6) is 5.75 Å². The molecule has 1 aromatic heterocycles. The van der Waals surface area contributed by atoms with Gasteiger partial charge in [0.1, 0.15) is 5.75 Å². The zero-order valence-electron chi connectivity index (χ0n) is 13.9. The van der Waals surface area contributed by atoms with E-state index in [1.807, 2.05) is 19.1 Å². The van der Waals surface area contributed by atoms with Gasteiger partial charge in [0.05, 0.1) is 12.2 Å². The van der Waals surface area contributed by atoms with E-state index in [2.05, 4.69) is 25.3 Å². The van der Waals surface area contributed by atoms with Crippen LogP contribution in [0.3, 0.4) is 0 Å². The van der Waals surface area contributed by atoms with Crippen molar-refractivity contribution < 1.29 is 17.9 Å². The summed E-state index contributed by atoms with van der Waals surface area (Å²) in [6.07, 6.45) is -3.03. The van der Waals surface area contributed by atoms with E-state index in [0.29, 0.717) is 18.1 Å². The maximum atomic E-state index is 12.4. The van der Waals surface area contributed by atoms with Gasteiger partial charge in [0.15, 0.2) is 5.96 Å². The van der Waals surface area contributed by atoms with Gasteiger partial charge in [0.2, 0.25) is 0 Å². The summed E-state index contributed by atoms with van der Waals surface area (Å²) in [6, 6.07) is 9.77. The number of halogens is 3. The number of aromatic nitrogens is 1. The fraction of sp³-hybridized carbons (Fsp3) is 0.294. The number of rotatable bonds is 5. The molecule has 25 heavy (non-hydrogen) atoms. The maximum absolute atomic E-state index is 12.4. The standard InChI is InChI=1S/C17H19F3N4O/c1-12-6-5-9-22-14(12)11-24-16(21-2)23-10-13-7-3-4-8-15(13)25-17(18,19)20/h3-9H,10-11H2,1-2H3,(H2,21,23,24). The largest absolute Gasteiger partial charge is 0.573 e. The zero-order chi connectivity index (χ0) is 18.3. The molecule has 1 heterocycles. The van der Waals surface area contributed by atoms with E-state index >= 15 is 0 Å². The Kier molecular flexibility index (Phi) is 6.21. The number of aryl methyl sites for hydroxylation is 1. The summed E-state index contributed by atoms with van der Waals surface area (Å²) in [5, 5.41) is 6.04. The van der Waals surface area contributed by atoms with Crippen molar-refractivity contribution in [1.29, 1.82) is 0 Å². The number of benzene rings is 1. The lowest BCUT2D eigenvalue weighted by atomic mass is 10.2. The summed E-state index contributed by atoms with van der Waals surface area (Å²) in [5.41, 5.74) is 2.28. The van der Waals surface area contributed by atoms with Crippen LogP contribution in [-0.4, -0.2) is 24.4 Å². The number of pyridine rings is 1. The predicted molar refractivity (Wildman–Crippen MR) is 89.1 cm³/mol. The minimum atomic E-state index is -4.73. The number of hydrogen-bond donors (Lipinski definition) is 2. The van der Waals surface area contributed by atoms with Crippen molar-refractivity contribution in [2.24, 2.45) is 4.99 Å². The highest BCUT2D eigenvalue weighted by Crippen LogP contribution is 2.26. The number of aliphatic imine (C=N–C) groups is 1. The molecule has 0 aliphatic rings. The molecular formula is C17H19F3N4O. The average molecular weight is 352 g/mol. The van der Waals surface area contributed by atoms with Gasteiger partial charge in [0, 0.05) is 25.4 Å². The summed E-state index contributed by atoms with van der Waals surface area (Å²) < 4.78 is 41.4. The molecule has 0 atom stereocenters. The molecule has 0 aliphatic carbocycles. The first-order valence-electron chi connectivity index (χ1n) is 7.57. The first-order chi connectivity index (χ1) is 11.9. The van der Waals surface area contributed by atoms with Crippen LogP contribution in [0.15, 0.2) is 47.6 Å². The van der Waals surface area contributed by atoms with Gasteiger partial charge in [0.25, 0.3) is 0 Å². The minimum Gasteiger partial charge on any atom is -0.405 e. The minimum absolute atomic E-state index is 0.132. The second-order valence-corrected chi connectivity index (χ2v) is 5.20. The SMILES string of the molecule is CN=C(NCc1ccccc1OC(F)(F)F)NCc1ncccc1C. The highest BCUT2D eigenvalue weighted by atomic mass is 19.4. The molecule has 0 amide bonds. The Hall–Kier alpha value is -2.77. The van der Waals surface area contributed by atoms with Crippen LogP contribution in [0.2, 0.25) is 0 Å². The van der Waals surface area contributed by atoms with Crippen molar-refractivity contribution in [2.45, 2.75) is 26.4 Å². The smallest absolute Gasteiger partial charge is 0.405 e. The molecule has 0 saturated heterocycles. The van der Waals surface area contributed by atoms with E-state index < -0.39 is 6.36 Å². The number of nitrogens with zero attached hydrogens (tertiary/aromatic N) is 2. The normalized spacial score (nSPS) is 12.0. The predicted octanol–water partition coefficient (Wildman–Crippen LogP) is 3.15. The zero-order valence-corrected chi connectivity index (χ0v) is 13.9. The number of ether oxygens (including phenoxy) is 1. The van der Waals surface area contributed by atoms with Gasteiger partial charge in [-0.25, -0.2) is 0 Å². The molecule has 0 bridgehead atoms. The maximum Gasteiger partial charge on any atom is 0.573 e. The van der Waals surface area contributed by atoms with Crippen LogP contribution in [-0.2, 0) is 13.1 Å². The molecule has 0 fully saturated rings. The van der Waals surface area contributed by atoms with Crippen molar-refractivity contribution in [3.63, 3.8) is 0 Å². The first-order valence-corrected chi connectivity index (χ1v) is 7.57. The lowest BCUT2D eigenvalue weighted by Gasteiger charge is -2.15. The Labute approximate surface area is 144 Å². The van der Waals surface area contributed by atoms with Crippen LogP contribution in [0.1, 0.15) is 16.8 Å². The van der Waals surface area contributed by atoms with Crippen molar-refractivity contribution in [3.8, 4) is 5.75 Å². The molecule has 0 aliphatic heterocycles. The van der Waals surface area contributed by atoms with Gasteiger partial charge < -0.3 is 15.4 Å². The lowest BCUT2D eigenvalue weighted by molar-refractivity contribution is -0.274. The number of para-hydroxylation sites is 1. The van der Waals surface area contributed by atoms with Crippen LogP contribution < -0.4 is 15.4 Å². The molecule has 2 aromatic rings. The van der Waals surface area contributed by atoms with E-state index in [1.54, 1.807) is 25.4 Å². The molecule has 2 rings (SSSR count). The average Bonchev–Trinajstić information content (AvgIpc) is 2.56. The summed E-state index contributed by atoms with van der Waals surface area (Å²) >= 11 is 0. The molecule has 2 N–H and O–H groups in total. The number of nitrogens with one attached hydrogen (secondary N) is 2. The van der Waals surface area contributed by atoms with E-state index in [0.717, 1.165) is 11.3 Å². The Balaban J connectivity index is 1.96. The summed E-state index contributed by atoms with van der Waals surface area (Å²) in [6.45, 7) is 2.53. The summed E-state index contributed by atoms with van der Waals surface area (Å²) in [5.74, 6) is 0.213. The Morgan fingerprint density at radius 1 is 1.12 bits per heavy atom. The quantitative estimate of drug-likeness (QED) is 0.641. The van der Waals surface area contributed by atoms with E-state index in [9.17, 15) is 13.2 Å². The van der Waals surface area contributed by atoms with Crippen molar-refractivity contribution in [1.82, 2.24) is 15.6 Å². The first kappa shape index (κ1) is 18.6. The Morgan fingerprint density at radius 2 is 1.84 bits per heavy atom. The van der Waals surface area contributed by atoms with E-state index in [1.165, 1.54) is 12.1 Å². The van der Waals surface area contributed by atoms with Crippen molar-refractivity contribution in [2.75, 3.05) is 7.05 Å². The number of guanidine groups is 1. The highest BCUT2D eigenvalue weighted by molar-refractivity contribution is 5.79. The lowest BCUT2D eigenvalue weighted by Crippen LogP contribution is -2.36. The van der Waals surface area contributed by atoms with Gasteiger partial charge >= 0.3 is 6.36 Å². The third-order valence-electron chi connectivity index (χ3n) is 3.41. The third-order valence-corrected chi connectivity index (χ3v) is 3.41. The molecule has 1 aromatic carbocycles. The molecule has 0 saturated carbocycles. The molecule has 0 spiro atoms. The summed E-state index contributed by atoms with van der Waals surface area (Å²) in [7, 11) is 1.58. The Bertz CT molecular complexity index is 732. The van der Waals surface area contributed by atoms with Crippen LogP contribution in [0.4, 0.5) is 13.2 Å². The molecule has 5 nitrogen and oxygen atoms in total.